The molecule has 1 amide bonds. The first kappa shape index (κ1) is 17.7. The van der Waals surface area contributed by atoms with Gasteiger partial charge in [-0.15, -0.1) is 0 Å². The maximum Gasteiger partial charge on any atom is 0.387 e. The molecule has 0 bridgehead atoms. The number of carbonyl (C=O) groups is 1. The second-order valence-corrected chi connectivity index (χ2v) is 5.39. The highest BCUT2D eigenvalue weighted by Gasteiger charge is 2.16. The van der Waals surface area contributed by atoms with Gasteiger partial charge in [0.05, 0.1) is 12.2 Å². The smallest absolute Gasteiger partial charge is 0.387 e. The van der Waals surface area contributed by atoms with Gasteiger partial charge < -0.3 is 15.2 Å². The van der Waals surface area contributed by atoms with E-state index in [1.807, 2.05) is 0 Å². The number of rotatable bonds is 7. The molecule has 1 atom stereocenters. The summed E-state index contributed by atoms with van der Waals surface area (Å²) in [6.07, 6.45) is 2.01. The number of alkyl halides is 2. The van der Waals surface area contributed by atoms with Gasteiger partial charge in [0.1, 0.15) is 11.4 Å². The summed E-state index contributed by atoms with van der Waals surface area (Å²) in [5.41, 5.74) is 1.11. The van der Waals surface area contributed by atoms with Gasteiger partial charge in [-0.3, -0.25) is 9.48 Å². The molecule has 0 radical (unpaired) electrons. The summed E-state index contributed by atoms with van der Waals surface area (Å²) >= 11 is 0. The minimum Gasteiger partial charge on any atom is -0.504 e. The third-order valence-electron chi connectivity index (χ3n) is 3.39. The maximum atomic E-state index is 12.2. The molecule has 2 aromatic rings. The highest BCUT2D eigenvalue weighted by atomic mass is 19.3. The van der Waals surface area contributed by atoms with E-state index in [1.165, 1.54) is 23.0 Å². The Morgan fingerprint density at radius 3 is 2.83 bits per heavy atom. The number of aryl methyl sites for hydroxylation is 2. The van der Waals surface area contributed by atoms with Crippen LogP contribution in [-0.4, -0.2) is 27.4 Å². The SMILES string of the molecule is CC(NC(=O)CCc1cccc(OC(F)F)c1)c1nn(C)cc1O. The zero-order valence-electron chi connectivity index (χ0n) is 13.4. The van der Waals surface area contributed by atoms with Crippen LogP contribution in [0.25, 0.3) is 0 Å². The van der Waals surface area contributed by atoms with Crippen LogP contribution in [0.5, 0.6) is 11.5 Å². The zero-order valence-corrected chi connectivity index (χ0v) is 13.4. The highest BCUT2D eigenvalue weighted by Crippen LogP contribution is 2.21. The summed E-state index contributed by atoms with van der Waals surface area (Å²) in [7, 11) is 1.67. The second-order valence-electron chi connectivity index (χ2n) is 5.39. The van der Waals surface area contributed by atoms with E-state index in [1.54, 1.807) is 26.1 Å². The van der Waals surface area contributed by atoms with Crippen molar-refractivity contribution in [3.63, 3.8) is 0 Å². The molecule has 8 heteroatoms. The predicted octanol–water partition coefficient (Wildman–Crippen LogP) is 2.54. The molecule has 130 valence electrons. The number of hydrogen-bond donors (Lipinski definition) is 2. The lowest BCUT2D eigenvalue weighted by Gasteiger charge is -2.12. The number of nitrogens with one attached hydrogen (secondary N) is 1. The molecule has 6 nitrogen and oxygen atoms in total. The van der Waals surface area contributed by atoms with Crippen molar-refractivity contribution >= 4 is 5.91 Å². The van der Waals surface area contributed by atoms with Gasteiger partial charge in [0.25, 0.3) is 0 Å². The van der Waals surface area contributed by atoms with Crippen LogP contribution in [-0.2, 0) is 18.3 Å². The van der Waals surface area contributed by atoms with Crippen LogP contribution in [0.15, 0.2) is 30.5 Å². The molecule has 2 rings (SSSR count). The molecule has 0 saturated heterocycles. The van der Waals surface area contributed by atoms with Crippen molar-refractivity contribution in [2.24, 2.45) is 7.05 Å². The van der Waals surface area contributed by atoms with Gasteiger partial charge in [-0.05, 0) is 31.0 Å². The molecule has 24 heavy (non-hydrogen) atoms. The van der Waals surface area contributed by atoms with E-state index in [-0.39, 0.29) is 23.8 Å². The first-order valence-corrected chi connectivity index (χ1v) is 7.40. The van der Waals surface area contributed by atoms with Gasteiger partial charge >= 0.3 is 6.61 Å². The maximum absolute atomic E-state index is 12.2. The molecule has 0 aliphatic carbocycles. The number of nitrogens with zero attached hydrogens (tertiary/aromatic N) is 2. The van der Waals surface area contributed by atoms with Gasteiger partial charge in [0, 0.05) is 13.5 Å². The Labute approximate surface area is 138 Å². The first-order valence-electron chi connectivity index (χ1n) is 7.40. The van der Waals surface area contributed by atoms with Gasteiger partial charge in [0.15, 0.2) is 5.75 Å². The Morgan fingerprint density at radius 1 is 1.46 bits per heavy atom. The minimum absolute atomic E-state index is 0.0159. The van der Waals surface area contributed by atoms with E-state index in [0.717, 1.165) is 5.56 Å². The summed E-state index contributed by atoms with van der Waals surface area (Å²) < 4.78 is 30.2. The third kappa shape index (κ3) is 4.94. The van der Waals surface area contributed by atoms with Gasteiger partial charge in [-0.25, -0.2) is 0 Å². The van der Waals surface area contributed by atoms with Crippen LogP contribution in [0.4, 0.5) is 8.78 Å². The lowest BCUT2D eigenvalue weighted by molar-refractivity contribution is -0.121. The van der Waals surface area contributed by atoms with Crippen molar-refractivity contribution in [2.75, 3.05) is 0 Å². The Morgan fingerprint density at radius 2 is 2.21 bits per heavy atom. The van der Waals surface area contributed by atoms with Gasteiger partial charge in [-0.1, -0.05) is 12.1 Å². The van der Waals surface area contributed by atoms with E-state index in [0.29, 0.717) is 12.1 Å². The number of ether oxygens (including phenoxy) is 1. The molecular weight excluding hydrogens is 320 g/mol. The first-order chi connectivity index (χ1) is 11.3. The Bertz CT molecular complexity index is 704. The van der Waals surface area contributed by atoms with Crippen LogP contribution in [0.2, 0.25) is 0 Å². The van der Waals surface area contributed by atoms with Crippen LogP contribution in [0.3, 0.4) is 0 Å². The number of amides is 1. The number of halogens is 2. The molecule has 0 aliphatic rings. The molecule has 0 spiro atoms. The lowest BCUT2D eigenvalue weighted by Crippen LogP contribution is -2.27. The third-order valence-corrected chi connectivity index (χ3v) is 3.39. The van der Waals surface area contributed by atoms with Crippen molar-refractivity contribution in [3.8, 4) is 11.5 Å². The summed E-state index contributed by atoms with van der Waals surface area (Å²) in [4.78, 5) is 12.0. The molecule has 0 fully saturated rings. The van der Waals surface area contributed by atoms with E-state index >= 15 is 0 Å². The highest BCUT2D eigenvalue weighted by molar-refractivity contribution is 5.76. The van der Waals surface area contributed by atoms with Crippen molar-refractivity contribution in [1.29, 1.82) is 0 Å². The standard InChI is InChI=1S/C16H19F2N3O3/c1-10(15-13(22)9-21(2)20-15)19-14(23)7-6-11-4-3-5-12(8-11)24-16(17)18/h3-5,8-10,16,22H,6-7H2,1-2H3,(H,19,23). The molecule has 2 N–H and O–H groups in total. The summed E-state index contributed by atoms with van der Waals surface area (Å²) in [6, 6.07) is 5.81. The van der Waals surface area contributed by atoms with Crippen molar-refractivity contribution in [3.05, 3.63) is 41.7 Å². The molecule has 1 unspecified atom stereocenters. The Kier molecular flexibility index (Phi) is 5.73. The fourth-order valence-corrected chi connectivity index (χ4v) is 2.32. The van der Waals surface area contributed by atoms with Crippen molar-refractivity contribution in [1.82, 2.24) is 15.1 Å². The van der Waals surface area contributed by atoms with Crippen LogP contribution in [0.1, 0.15) is 30.6 Å². The molecule has 1 heterocycles. The fraction of sp³-hybridized carbons (Fsp3) is 0.375. The average molecular weight is 339 g/mol. The normalized spacial score (nSPS) is 12.2. The average Bonchev–Trinajstić information content (AvgIpc) is 2.83. The molecule has 1 aromatic heterocycles. The van der Waals surface area contributed by atoms with Crippen LogP contribution >= 0.6 is 0 Å². The van der Waals surface area contributed by atoms with E-state index in [9.17, 15) is 18.7 Å². The van der Waals surface area contributed by atoms with Crippen molar-refractivity contribution < 1.29 is 23.4 Å². The lowest BCUT2D eigenvalue weighted by atomic mass is 10.1. The number of benzene rings is 1. The van der Waals surface area contributed by atoms with Crippen LogP contribution < -0.4 is 10.1 Å². The predicted molar refractivity (Wildman–Crippen MR) is 82.8 cm³/mol. The van der Waals surface area contributed by atoms with E-state index < -0.39 is 12.7 Å². The van der Waals surface area contributed by atoms with Gasteiger partial charge in [0.2, 0.25) is 5.91 Å². The van der Waals surface area contributed by atoms with Gasteiger partial charge in [-0.2, -0.15) is 13.9 Å². The number of hydrogen-bond acceptors (Lipinski definition) is 4. The molecule has 0 aliphatic heterocycles. The van der Waals surface area contributed by atoms with E-state index in [4.69, 9.17) is 0 Å². The quantitative estimate of drug-likeness (QED) is 0.813. The summed E-state index contributed by atoms with van der Waals surface area (Å²) in [5.74, 6) is -0.149. The molecular formula is C16H19F2N3O3. The second kappa shape index (κ2) is 7.76. The molecule has 0 saturated carbocycles. The molecule has 1 aromatic carbocycles. The Hall–Kier alpha value is -2.64. The number of aromatic hydroxyl groups is 1. The van der Waals surface area contributed by atoms with Crippen LogP contribution in [0, 0.1) is 0 Å². The summed E-state index contributed by atoms with van der Waals surface area (Å²) in [6.45, 7) is -1.16. The fourth-order valence-electron chi connectivity index (χ4n) is 2.32. The largest absolute Gasteiger partial charge is 0.504 e. The van der Waals surface area contributed by atoms with Crippen molar-refractivity contribution in [2.45, 2.75) is 32.4 Å². The minimum atomic E-state index is -2.88. The Balaban J connectivity index is 1.88. The number of aromatic nitrogens is 2. The topological polar surface area (TPSA) is 76.4 Å². The zero-order chi connectivity index (χ0) is 17.7. The number of carbonyl (C=O) groups excluding carboxylic acids is 1. The van der Waals surface area contributed by atoms with E-state index in [2.05, 4.69) is 15.2 Å². The summed E-state index contributed by atoms with van der Waals surface area (Å²) in [5, 5.41) is 16.5. The monoisotopic (exact) mass is 339 g/mol.